The highest BCUT2D eigenvalue weighted by Gasteiger charge is 2.06. The molecular weight excluding hydrogens is 284 g/mol. The zero-order valence-corrected chi connectivity index (χ0v) is 12.5. The Morgan fingerprint density at radius 1 is 1.14 bits per heavy atom. The molecule has 3 aromatic rings. The third-order valence-electron chi connectivity index (χ3n) is 3.43. The summed E-state index contributed by atoms with van der Waals surface area (Å²) in [5.74, 6) is 2.03. The van der Waals surface area contributed by atoms with Gasteiger partial charge in [-0.25, -0.2) is 9.97 Å². The van der Waals surface area contributed by atoms with Crippen molar-refractivity contribution in [2.75, 3.05) is 7.11 Å². The summed E-state index contributed by atoms with van der Waals surface area (Å²) in [5, 5.41) is 2.35. The Hall–Kier alpha value is -2.13. The first kappa shape index (κ1) is 13.8. The van der Waals surface area contributed by atoms with Crippen LogP contribution in [0.15, 0.2) is 48.7 Å². The molecule has 3 rings (SSSR count). The van der Waals surface area contributed by atoms with Crippen LogP contribution >= 0.6 is 11.6 Å². The molecule has 0 saturated carbocycles. The van der Waals surface area contributed by atoms with Crippen molar-refractivity contribution < 1.29 is 4.74 Å². The molecule has 0 saturated heterocycles. The highest BCUT2D eigenvalue weighted by atomic mass is 35.5. The summed E-state index contributed by atoms with van der Waals surface area (Å²) in [5.41, 5.74) is 2.03. The Morgan fingerprint density at radius 2 is 2.05 bits per heavy atom. The van der Waals surface area contributed by atoms with Gasteiger partial charge < -0.3 is 4.74 Å². The second-order valence-electron chi connectivity index (χ2n) is 4.78. The number of hydrogen-bond donors (Lipinski definition) is 0. The average Bonchev–Trinajstić information content (AvgIpc) is 2.55. The molecule has 0 amide bonds. The maximum Gasteiger partial charge on any atom is 0.132 e. The lowest BCUT2D eigenvalue weighted by atomic mass is 10.0. The number of fused-ring (bicyclic) bond motifs is 1. The minimum absolute atomic E-state index is 0.402. The van der Waals surface area contributed by atoms with Gasteiger partial charge in [-0.05, 0) is 34.5 Å². The fourth-order valence-electron chi connectivity index (χ4n) is 2.37. The lowest BCUT2D eigenvalue weighted by Gasteiger charge is -2.08. The van der Waals surface area contributed by atoms with Crippen molar-refractivity contribution in [3.63, 3.8) is 0 Å². The van der Waals surface area contributed by atoms with Crippen LogP contribution in [-0.2, 0) is 12.3 Å². The van der Waals surface area contributed by atoms with Crippen LogP contribution in [-0.4, -0.2) is 17.1 Å². The molecule has 0 aliphatic rings. The lowest BCUT2D eigenvalue weighted by Crippen LogP contribution is -1.99. The second-order valence-corrected chi connectivity index (χ2v) is 5.05. The molecule has 0 atom stereocenters. The zero-order chi connectivity index (χ0) is 14.7. The van der Waals surface area contributed by atoms with Gasteiger partial charge in [-0.2, -0.15) is 0 Å². The first-order valence-corrected chi connectivity index (χ1v) is 7.26. The number of rotatable bonds is 4. The minimum atomic E-state index is 0.402. The van der Waals surface area contributed by atoms with Crippen molar-refractivity contribution in [1.29, 1.82) is 0 Å². The molecule has 0 unspecified atom stereocenters. The number of alkyl halides is 1. The van der Waals surface area contributed by atoms with Crippen molar-refractivity contribution in [3.05, 3.63) is 65.7 Å². The molecule has 4 heteroatoms. The minimum Gasteiger partial charge on any atom is -0.497 e. The van der Waals surface area contributed by atoms with Crippen LogP contribution in [0.4, 0.5) is 0 Å². The Labute approximate surface area is 128 Å². The average molecular weight is 299 g/mol. The van der Waals surface area contributed by atoms with Crippen molar-refractivity contribution in [2.24, 2.45) is 0 Å². The van der Waals surface area contributed by atoms with Gasteiger partial charge in [0, 0.05) is 12.6 Å². The van der Waals surface area contributed by atoms with E-state index >= 15 is 0 Å². The van der Waals surface area contributed by atoms with Crippen molar-refractivity contribution >= 4 is 22.4 Å². The van der Waals surface area contributed by atoms with Gasteiger partial charge in [-0.3, -0.25) is 0 Å². The third-order valence-corrected chi connectivity index (χ3v) is 3.70. The van der Waals surface area contributed by atoms with Crippen molar-refractivity contribution in [3.8, 4) is 5.75 Å². The molecule has 0 radical (unpaired) electrons. The number of methoxy groups -OCH3 is 1. The molecular formula is C17H15ClN2O. The highest BCUT2D eigenvalue weighted by molar-refractivity contribution is 6.16. The van der Waals surface area contributed by atoms with E-state index in [0.29, 0.717) is 12.3 Å². The Bertz CT molecular complexity index is 774. The smallest absolute Gasteiger partial charge is 0.132 e. The number of ether oxygens (including phenoxy) is 1. The van der Waals surface area contributed by atoms with Gasteiger partial charge in [-0.15, -0.1) is 11.6 Å². The third kappa shape index (κ3) is 2.98. The molecule has 0 bridgehead atoms. The summed E-state index contributed by atoms with van der Waals surface area (Å²) >= 11 is 5.83. The van der Waals surface area contributed by atoms with Crippen LogP contribution in [0.25, 0.3) is 10.8 Å². The van der Waals surface area contributed by atoms with E-state index in [1.807, 2.05) is 12.1 Å². The van der Waals surface area contributed by atoms with E-state index in [9.17, 15) is 0 Å². The van der Waals surface area contributed by atoms with Gasteiger partial charge in [0.05, 0.1) is 18.7 Å². The molecule has 0 fully saturated rings. The lowest BCUT2D eigenvalue weighted by molar-refractivity contribution is 0.415. The summed E-state index contributed by atoms with van der Waals surface area (Å²) in [6.07, 6.45) is 2.43. The first-order chi connectivity index (χ1) is 10.3. The predicted octanol–water partition coefficient (Wildman–Crippen LogP) is 3.97. The standard InChI is InChI=1S/C17H15ClN2O/c1-21-15-6-5-12-3-2-4-13(16(12)10-15)9-17-19-8-7-14(11-18)20-17/h2-8,10H,9,11H2,1H3. The Kier molecular flexibility index (Phi) is 4.02. The van der Waals surface area contributed by atoms with E-state index in [4.69, 9.17) is 16.3 Å². The quantitative estimate of drug-likeness (QED) is 0.684. The van der Waals surface area contributed by atoms with Crippen LogP contribution < -0.4 is 4.74 Å². The highest BCUT2D eigenvalue weighted by Crippen LogP contribution is 2.25. The van der Waals surface area contributed by atoms with Gasteiger partial charge in [0.1, 0.15) is 11.6 Å². The van der Waals surface area contributed by atoms with Gasteiger partial charge in [0.15, 0.2) is 0 Å². The van der Waals surface area contributed by atoms with E-state index < -0.39 is 0 Å². The number of halogens is 1. The molecule has 2 aromatic carbocycles. The van der Waals surface area contributed by atoms with Gasteiger partial charge in [0.2, 0.25) is 0 Å². The molecule has 106 valence electrons. The Balaban J connectivity index is 2.03. The summed E-state index contributed by atoms with van der Waals surface area (Å²) in [7, 11) is 1.68. The maximum absolute atomic E-state index is 5.83. The molecule has 0 aliphatic heterocycles. The summed E-state index contributed by atoms with van der Waals surface area (Å²) < 4.78 is 5.32. The maximum atomic E-state index is 5.83. The summed E-state index contributed by atoms with van der Waals surface area (Å²) in [4.78, 5) is 8.79. The van der Waals surface area contributed by atoms with E-state index in [1.54, 1.807) is 13.3 Å². The van der Waals surface area contributed by atoms with Gasteiger partial charge in [0.25, 0.3) is 0 Å². The molecule has 1 aromatic heterocycles. The van der Waals surface area contributed by atoms with E-state index in [2.05, 4.69) is 40.3 Å². The topological polar surface area (TPSA) is 35.0 Å². The second kappa shape index (κ2) is 6.10. The molecule has 0 N–H and O–H groups in total. The largest absolute Gasteiger partial charge is 0.497 e. The molecule has 1 heterocycles. The SMILES string of the molecule is COc1ccc2cccc(Cc3nccc(CCl)n3)c2c1. The number of hydrogen-bond acceptors (Lipinski definition) is 3. The van der Waals surface area contributed by atoms with Crippen LogP contribution in [0.3, 0.4) is 0 Å². The first-order valence-electron chi connectivity index (χ1n) is 6.72. The van der Waals surface area contributed by atoms with E-state index in [0.717, 1.165) is 22.7 Å². The molecule has 3 nitrogen and oxygen atoms in total. The zero-order valence-electron chi connectivity index (χ0n) is 11.7. The van der Waals surface area contributed by atoms with E-state index in [1.165, 1.54) is 10.9 Å². The van der Waals surface area contributed by atoms with Crippen molar-refractivity contribution in [2.45, 2.75) is 12.3 Å². The normalized spacial score (nSPS) is 10.8. The fraction of sp³-hybridized carbons (Fsp3) is 0.176. The van der Waals surface area contributed by atoms with Crippen LogP contribution in [0, 0.1) is 0 Å². The van der Waals surface area contributed by atoms with Gasteiger partial charge >= 0.3 is 0 Å². The van der Waals surface area contributed by atoms with Crippen LogP contribution in [0.1, 0.15) is 17.1 Å². The van der Waals surface area contributed by atoms with Crippen LogP contribution in [0.5, 0.6) is 5.75 Å². The fourth-order valence-corrected chi connectivity index (χ4v) is 2.52. The summed E-state index contributed by atoms with van der Waals surface area (Å²) in [6.45, 7) is 0. The summed E-state index contributed by atoms with van der Waals surface area (Å²) in [6, 6.07) is 14.2. The molecule has 0 spiro atoms. The van der Waals surface area contributed by atoms with Gasteiger partial charge in [-0.1, -0.05) is 24.3 Å². The van der Waals surface area contributed by atoms with E-state index in [-0.39, 0.29) is 0 Å². The molecule has 0 aliphatic carbocycles. The number of aromatic nitrogens is 2. The molecule has 21 heavy (non-hydrogen) atoms. The monoisotopic (exact) mass is 298 g/mol. The Morgan fingerprint density at radius 3 is 2.86 bits per heavy atom. The van der Waals surface area contributed by atoms with Crippen molar-refractivity contribution in [1.82, 2.24) is 9.97 Å². The predicted molar refractivity (Wildman–Crippen MR) is 84.9 cm³/mol. The number of benzene rings is 2. The number of nitrogens with zero attached hydrogens (tertiary/aromatic N) is 2. The van der Waals surface area contributed by atoms with Crippen LogP contribution in [0.2, 0.25) is 0 Å².